The second-order valence-corrected chi connectivity index (χ2v) is 4.95. The second-order valence-electron chi connectivity index (χ2n) is 4.04. The smallest absolute Gasteiger partial charge is 0.0328 e. The normalized spacial score (nSPS) is 16.2. The maximum Gasteiger partial charge on any atom is 0.0328 e. The lowest BCUT2D eigenvalue weighted by molar-refractivity contribution is 0.316. The van der Waals surface area contributed by atoms with E-state index in [4.69, 9.17) is 5.73 Å². The van der Waals surface area contributed by atoms with E-state index in [0.717, 1.165) is 22.7 Å². The molecule has 3 heteroatoms. The standard InChI is InChI=1S/C11H15BrN2/c1-14(11-2-3-11)7-8-4-9(12)6-10(13)5-8/h4-6,11H,2-3,7,13H2,1H3. The Hall–Kier alpha value is -0.540. The van der Waals surface area contributed by atoms with E-state index in [9.17, 15) is 0 Å². The van der Waals surface area contributed by atoms with Gasteiger partial charge in [-0.1, -0.05) is 15.9 Å². The molecule has 2 N–H and O–H groups in total. The molecular weight excluding hydrogens is 240 g/mol. The van der Waals surface area contributed by atoms with Gasteiger partial charge in [0.15, 0.2) is 0 Å². The number of nitrogen functional groups attached to an aromatic ring is 1. The average molecular weight is 255 g/mol. The molecule has 0 amide bonds. The van der Waals surface area contributed by atoms with Gasteiger partial charge in [-0.3, -0.25) is 4.90 Å². The van der Waals surface area contributed by atoms with Crippen molar-refractivity contribution in [2.45, 2.75) is 25.4 Å². The van der Waals surface area contributed by atoms with Crippen molar-refractivity contribution in [3.63, 3.8) is 0 Å². The van der Waals surface area contributed by atoms with Gasteiger partial charge in [-0.05, 0) is 43.7 Å². The van der Waals surface area contributed by atoms with Crippen molar-refractivity contribution < 1.29 is 0 Å². The van der Waals surface area contributed by atoms with E-state index in [1.165, 1.54) is 18.4 Å². The minimum atomic E-state index is 0.801. The van der Waals surface area contributed by atoms with Crippen LogP contribution in [0.4, 0.5) is 5.69 Å². The van der Waals surface area contributed by atoms with Crippen molar-refractivity contribution in [3.8, 4) is 0 Å². The molecule has 2 nitrogen and oxygen atoms in total. The zero-order chi connectivity index (χ0) is 10.1. The summed E-state index contributed by atoms with van der Waals surface area (Å²) in [4.78, 5) is 2.39. The van der Waals surface area contributed by atoms with Crippen molar-refractivity contribution in [1.29, 1.82) is 0 Å². The second kappa shape index (κ2) is 3.91. The lowest BCUT2D eigenvalue weighted by Crippen LogP contribution is -2.19. The maximum absolute atomic E-state index is 5.78. The fourth-order valence-corrected chi connectivity index (χ4v) is 2.26. The van der Waals surface area contributed by atoms with E-state index in [2.05, 4.69) is 33.9 Å². The van der Waals surface area contributed by atoms with E-state index in [0.29, 0.717) is 0 Å². The van der Waals surface area contributed by atoms with Crippen molar-refractivity contribution >= 4 is 21.6 Å². The van der Waals surface area contributed by atoms with Crippen LogP contribution in [0, 0.1) is 0 Å². The van der Waals surface area contributed by atoms with E-state index in [1.54, 1.807) is 0 Å². The number of rotatable bonds is 3. The number of nitrogens with zero attached hydrogens (tertiary/aromatic N) is 1. The summed E-state index contributed by atoms with van der Waals surface area (Å²) in [6.07, 6.45) is 2.69. The van der Waals surface area contributed by atoms with Crippen molar-refractivity contribution in [1.82, 2.24) is 4.90 Å². The molecule has 76 valence electrons. The highest BCUT2D eigenvalue weighted by Gasteiger charge is 2.25. The highest BCUT2D eigenvalue weighted by molar-refractivity contribution is 9.10. The molecule has 1 saturated carbocycles. The van der Waals surface area contributed by atoms with Crippen LogP contribution in [0.2, 0.25) is 0 Å². The van der Waals surface area contributed by atoms with Crippen LogP contribution < -0.4 is 5.73 Å². The predicted octanol–water partition coefficient (Wildman–Crippen LogP) is 2.63. The molecule has 2 rings (SSSR count). The number of hydrogen-bond donors (Lipinski definition) is 1. The Bertz CT molecular complexity index is 314. The minimum absolute atomic E-state index is 0.801. The van der Waals surface area contributed by atoms with Gasteiger partial charge in [-0.15, -0.1) is 0 Å². The van der Waals surface area contributed by atoms with Crippen LogP contribution in [0.1, 0.15) is 18.4 Å². The summed E-state index contributed by atoms with van der Waals surface area (Å²) in [5.74, 6) is 0. The fourth-order valence-electron chi connectivity index (χ4n) is 1.70. The molecule has 0 bridgehead atoms. The number of halogens is 1. The highest BCUT2D eigenvalue weighted by atomic mass is 79.9. The van der Waals surface area contributed by atoms with Gasteiger partial charge in [0.1, 0.15) is 0 Å². The Morgan fingerprint density at radius 3 is 2.71 bits per heavy atom. The van der Waals surface area contributed by atoms with Crippen molar-refractivity contribution in [2.24, 2.45) is 0 Å². The Labute approximate surface area is 93.2 Å². The van der Waals surface area contributed by atoms with Gasteiger partial charge in [-0.2, -0.15) is 0 Å². The molecule has 0 spiro atoms. The van der Waals surface area contributed by atoms with E-state index >= 15 is 0 Å². The van der Waals surface area contributed by atoms with E-state index < -0.39 is 0 Å². The van der Waals surface area contributed by atoms with Crippen LogP contribution >= 0.6 is 15.9 Å². The Kier molecular flexibility index (Phi) is 2.79. The summed E-state index contributed by atoms with van der Waals surface area (Å²) in [7, 11) is 2.18. The highest BCUT2D eigenvalue weighted by Crippen LogP contribution is 2.27. The summed E-state index contributed by atoms with van der Waals surface area (Å²) in [5.41, 5.74) is 7.89. The SMILES string of the molecule is CN(Cc1cc(N)cc(Br)c1)C1CC1. The predicted molar refractivity (Wildman–Crippen MR) is 63.0 cm³/mol. The van der Waals surface area contributed by atoms with Crippen LogP contribution in [0.15, 0.2) is 22.7 Å². The summed E-state index contributed by atoms with van der Waals surface area (Å²) in [6.45, 7) is 0.994. The third-order valence-electron chi connectivity index (χ3n) is 2.58. The van der Waals surface area contributed by atoms with Gasteiger partial charge in [0.25, 0.3) is 0 Å². The van der Waals surface area contributed by atoms with Gasteiger partial charge in [0, 0.05) is 22.7 Å². The van der Waals surface area contributed by atoms with Crippen LogP contribution in [-0.2, 0) is 6.54 Å². The number of nitrogens with two attached hydrogens (primary N) is 1. The Morgan fingerprint density at radius 1 is 1.43 bits per heavy atom. The van der Waals surface area contributed by atoms with Crippen molar-refractivity contribution in [3.05, 3.63) is 28.2 Å². The maximum atomic E-state index is 5.78. The van der Waals surface area contributed by atoms with Crippen molar-refractivity contribution in [2.75, 3.05) is 12.8 Å². The topological polar surface area (TPSA) is 29.3 Å². The van der Waals surface area contributed by atoms with Gasteiger partial charge < -0.3 is 5.73 Å². The quantitative estimate of drug-likeness (QED) is 0.841. The first-order valence-electron chi connectivity index (χ1n) is 4.90. The first kappa shape index (κ1) is 9.99. The zero-order valence-electron chi connectivity index (χ0n) is 8.33. The van der Waals surface area contributed by atoms with Gasteiger partial charge in [0.2, 0.25) is 0 Å². The number of anilines is 1. The first-order chi connectivity index (χ1) is 6.65. The van der Waals surface area contributed by atoms with Crippen LogP contribution in [0.5, 0.6) is 0 Å². The minimum Gasteiger partial charge on any atom is -0.399 e. The summed E-state index contributed by atoms with van der Waals surface area (Å²) in [6, 6.07) is 6.91. The monoisotopic (exact) mass is 254 g/mol. The Morgan fingerprint density at radius 2 is 2.14 bits per heavy atom. The number of hydrogen-bond acceptors (Lipinski definition) is 2. The van der Waals surface area contributed by atoms with E-state index in [-0.39, 0.29) is 0 Å². The number of benzene rings is 1. The van der Waals surface area contributed by atoms with Crippen LogP contribution in [-0.4, -0.2) is 18.0 Å². The summed E-state index contributed by atoms with van der Waals surface area (Å²) >= 11 is 3.46. The fraction of sp³-hybridized carbons (Fsp3) is 0.455. The lowest BCUT2D eigenvalue weighted by Gasteiger charge is -2.16. The zero-order valence-corrected chi connectivity index (χ0v) is 9.92. The molecule has 0 unspecified atom stereocenters. The molecule has 0 atom stereocenters. The molecule has 0 aliphatic heterocycles. The Balaban J connectivity index is 2.07. The molecule has 1 aliphatic rings. The molecule has 1 aliphatic carbocycles. The average Bonchev–Trinajstić information content (AvgIpc) is 2.82. The van der Waals surface area contributed by atoms with Gasteiger partial charge in [0.05, 0.1) is 0 Å². The first-order valence-corrected chi connectivity index (χ1v) is 5.69. The molecule has 0 aromatic heterocycles. The van der Waals surface area contributed by atoms with E-state index in [1.807, 2.05) is 12.1 Å². The lowest BCUT2D eigenvalue weighted by atomic mass is 10.2. The molecule has 1 fully saturated rings. The molecule has 0 saturated heterocycles. The molecule has 0 radical (unpaired) electrons. The largest absolute Gasteiger partial charge is 0.399 e. The third-order valence-corrected chi connectivity index (χ3v) is 3.04. The molecular formula is C11H15BrN2. The van der Waals surface area contributed by atoms with Crippen LogP contribution in [0.3, 0.4) is 0 Å². The molecule has 1 aromatic carbocycles. The summed E-state index contributed by atoms with van der Waals surface area (Å²) in [5, 5.41) is 0. The summed E-state index contributed by atoms with van der Waals surface area (Å²) < 4.78 is 1.07. The molecule has 14 heavy (non-hydrogen) atoms. The third kappa shape index (κ3) is 2.49. The van der Waals surface area contributed by atoms with Gasteiger partial charge >= 0.3 is 0 Å². The van der Waals surface area contributed by atoms with Gasteiger partial charge in [-0.25, -0.2) is 0 Å². The molecule has 0 heterocycles. The molecule has 1 aromatic rings. The van der Waals surface area contributed by atoms with Crippen LogP contribution in [0.25, 0.3) is 0 Å².